The summed E-state index contributed by atoms with van der Waals surface area (Å²) in [6.07, 6.45) is -0.502. The fraction of sp³-hybridized carbons (Fsp3) is 0.462. The first kappa shape index (κ1) is 13.7. The lowest BCUT2D eigenvalue weighted by Gasteiger charge is -2.19. The highest BCUT2D eigenvalue weighted by atomic mass is 16.5. The third kappa shape index (κ3) is 4.17. The van der Waals surface area contributed by atoms with Crippen LogP contribution in [0.15, 0.2) is 30.3 Å². The van der Waals surface area contributed by atoms with E-state index in [-0.39, 0.29) is 18.6 Å². The molecule has 1 amide bonds. The van der Waals surface area contributed by atoms with E-state index in [0.29, 0.717) is 6.61 Å². The van der Waals surface area contributed by atoms with Gasteiger partial charge in [0.25, 0.3) is 0 Å². The molecule has 0 fully saturated rings. The molecule has 2 atom stereocenters. The van der Waals surface area contributed by atoms with Crippen LogP contribution < -0.4 is 5.32 Å². The predicted octanol–water partition coefficient (Wildman–Crippen LogP) is 1.26. The number of nitrogens with one attached hydrogen (secondary N) is 1. The molecule has 0 aliphatic carbocycles. The largest absolute Gasteiger partial charge is 0.394 e. The van der Waals surface area contributed by atoms with Crippen molar-refractivity contribution in [2.24, 2.45) is 0 Å². The number of aliphatic hydroxyl groups is 1. The highest BCUT2D eigenvalue weighted by Crippen LogP contribution is 2.11. The topological polar surface area (TPSA) is 58.6 Å². The Balaban J connectivity index is 2.62. The van der Waals surface area contributed by atoms with Gasteiger partial charge in [-0.05, 0) is 19.4 Å². The predicted molar refractivity (Wildman–Crippen MR) is 65.5 cm³/mol. The highest BCUT2D eigenvalue weighted by molar-refractivity contribution is 5.80. The number of amides is 1. The minimum Gasteiger partial charge on any atom is -0.394 e. The number of aliphatic hydroxyl groups excluding tert-OH is 1. The molecule has 1 aromatic rings. The molecular weight excluding hydrogens is 218 g/mol. The number of rotatable bonds is 6. The van der Waals surface area contributed by atoms with Crippen molar-refractivity contribution >= 4 is 5.91 Å². The van der Waals surface area contributed by atoms with Crippen molar-refractivity contribution in [3.05, 3.63) is 35.9 Å². The van der Waals surface area contributed by atoms with Gasteiger partial charge in [0.1, 0.15) is 6.10 Å². The van der Waals surface area contributed by atoms with Crippen molar-refractivity contribution in [1.29, 1.82) is 0 Å². The number of carbonyl (C=O) groups excluding carboxylic acids is 1. The minimum absolute atomic E-state index is 0.130. The first-order valence-corrected chi connectivity index (χ1v) is 5.76. The van der Waals surface area contributed by atoms with Gasteiger partial charge >= 0.3 is 0 Å². The minimum atomic E-state index is -0.502. The van der Waals surface area contributed by atoms with Crippen LogP contribution in [0.3, 0.4) is 0 Å². The van der Waals surface area contributed by atoms with Gasteiger partial charge < -0.3 is 15.2 Å². The molecule has 0 heterocycles. The van der Waals surface area contributed by atoms with E-state index < -0.39 is 6.10 Å². The molecule has 0 bridgehead atoms. The summed E-state index contributed by atoms with van der Waals surface area (Å²) in [5.41, 5.74) is 0.882. The van der Waals surface area contributed by atoms with Crippen molar-refractivity contribution in [1.82, 2.24) is 5.32 Å². The molecule has 0 aliphatic heterocycles. The number of ether oxygens (including phenoxy) is 1. The van der Waals surface area contributed by atoms with Crippen molar-refractivity contribution < 1.29 is 14.6 Å². The zero-order valence-corrected chi connectivity index (χ0v) is 10.2. The molecule has 17 heavy (non-hydrogen) atoms. The second-order valence-electron chi connectivity index (χ2n) is 3.75. The van der Waals surface area contributed by atoms with E-state index in [4.69, 9.17) is 4.74 Å². The van der Waals surface area contributed by atoms with Gasteiger partial charge in [0.05, 0.1) is 12.6 Å². The maximum atomic E-state index is 11.7. The summed E-state index contributed by atoms with van der Waals surface area (Å²) in [5.74, 6) is -0.213. The standard InChI is InChI=1S/C13H19NO3/c1-3-17-10(2)13(16)14-12(9-15)11-7-5-4-6-8-11/h4-8,10,12,15H,3,9H2,1-2H3,(H,14,16)/t10?,12-/m0/s1. The smallest absolute Gasteiger partial charge is 0.249 e. The third-order valence-corrected chi connectivity index (χ3v) is 2.49. The number of hydrogen-bond donors (Lipinski definition) is 2. The van der Waals surface area contributed by atoms with Crippen molar-refractivity contribution in [2.75, 3.05) is 13.2 Å². The lowest BCUT2D eigenvalue weighted by Crippen LogP contribution is -2.38. The van der Waals surface area contributed by atoms with Crippen LogP contribution in [-0.2, 0) is 9.53 Å². The van der Waals surface area contributed by atoms with Crippen molar-refractivity contribution in [3.8, 4) is 0 Å². The van der Waals surface area contributed by atoms with Crippen LogP contribution in [0.4, 0.5) is 0 Å². The first-order valence-electron chi connectivity index (χ1n) is 5.76. The van der Waals surface area contributed by atoms with Gasteiger partial charge in [-0.25, -0.2) is 0 Å². The quantitative estimate of drug-likeness (QED) is 0.783. The van der Waals surface area contributed by atoms with Crippen LogP contribution in [0.1, 0.15) is 25.5 Å². The summed E-state index contributed by atoms with van der Waals surface area (Å²) in [6.45, 7) is 3.89. The molecule has 0 radical (unpaired) electrons. The van der Waals surface area contributed by atoms with Crippen LogP contribution in [0.5, 0.6) is 0 Å². The van der Waals surface area contributed by atoms with Gasteiger partial charge in [-0.3, -0.25) is 4.79 Å². The van der Waals surface area contributed by atoms with Crippen LogP contribution in [0.2, 0.25) is 0 Å². The van der Waals surface area contributed by atoms with Crippen LogP contribution >= 0.6 is 0 Å². The number of hydrogen-bond acceptors (Lipinski definition) is 3. The fourth-order valence-corrected chi connectivity index (χ4v) is 1.53. The Morgan fingerprint density at radius 2 is 2.06 bits per heavy atom. The molecule has 0 aliphatic rings. The number of benzene rings is 1. The van der Waals surface area contributed by atoms with E-state index in [1.165, 1.54) is 0 Å². The van der Waals surface area contributed by atoms with E-state index in [9.17, 15) is 9.90 Å². The average molecular weight is 237 g/mol. The third-order valence-electron chi connectivity index (χ3n) is 2.49. The number of carbonyl (C=O) groups is 1. The van der Waals surface area contributed by atoms with Crippen LogP contribution in [-0.4, -0.2) is 30.3 Å². The van der Waals surface area contributed by atoms with E-state index >= 15 is 0 Å². The van der Waals surface area contributed by atoms with Gasteiger partial charge in [0.15, 0.2) is 0 Å². The van der Waals surface area contributed by atoms with Crippen molar-refractivity contribution in [3.63, 3.8) is 0 Å². The van der Waals surface area contributed by atoms with E-state index in [1.807, 2.05) is 37.3 Å². The molecule has 0 saturated carbocycles. The van der Waals surface area contributed by atoms with E-state index in [2.05, 4.69) is 5.32 Å². The molecule has 1 rings (SSSR count). The van der Waals surface area contributed by atoms with Gasteiger partial charge in [-0.2, -0.15) is 0 Å². The Morgan fingerprint density at radius 1 is 1.41 bits per heavy atom. The summed E-state index contributed by atoms with van der Waals surface area (Å²) < 4.78 is 5.19. The molecule has 2 N–H and O–H groups in total. The van der Waals surface area contributed by atoms with Crippen molar-refractivity contribution in [2.45, 2.75) is 26.0 Å². The molecule has 0 spiro atoms. The zero-order valence-electron chi connectivity index (χ0n) is 10.2. The zero-order chi connectivity index (χ0) is 12.7. The molecule has 4 heteroatoms. The van der Waals surface area contributed by atoms with E-state index in [1.54, 1.807) is 6.92 Å². The lowest BCUT2D eigenvalue weighted by molar-refractivity contribution is -0.132. The maximum Gasteiger partial charge on any atom is 0.249 e. The Morgan fingerprint density at radius 3 is 2.59 bits per heavy atom. The summed E-state index contributed by atoms with van der Waals surface area (Å²) in [4.78, 5) is 11.7. The molecule has 94 valence electrons. The average Bonchev–Trinajstić information content (AvgIpc) is 2.37. The molecule has 0 saturated heterocycles. The van der Waals surface area contributed by atoms with Gasteiger partial charge in [-0.15, -0.1) is 0 Å². The maximum absolute atomic E-state index is 11.7. The first-order chi connectivity index (χ1) is 8.19. The molecule has 1 aromatic carbocycles. The van der Waals surface area contributed by atoms with Crippen LogP contribution in [0, 0.1) is 0 Å². The van der Waals surface area contributed by atoms with E-state index in [0.717, 1.165) is 5.56 Å². The van der Waals surface area contributed by atoms with Gasteiger partial charge in [-0.1, -0.05) is 30.3 Å². The summed E-state index contributed by atoms with van der Waals surface area (Å²) in [6, 6.07) is 8.99. The Hall–Kier alpha value is -1.39. The summed E-state index contributed by atoms with van der Waals surface area (Å²) >= 11 is 0. The molecule has 1 unspecified atom stereocenters. The normalized spacial score (nSPS) is 14.1. The second-order valence-corrected chi connectivity index (χ2v) is 3.75. The lowest BCUT2D eigenvalue weighted by atomic mass is 10.1. The Kier molecular flexibility index (Phi) is 5.66. The Labute approximate surface area is 102 Å². The monoisotopic (exact) mass is 237 g/mol. The summed E-state index contributed by atoms with van der Waals surface area (Å²) in [5, 5.41) is 12.0. The second kappa shape index (κ2) is 7.04. The fourth-order valence-electron chi connectivity index (χ4n) is 1.53. The SMILES string of the molecule is CCOC(C)C(=O)N[C@@H](CO)c1ccccc1. The summed E-state index contributed by atoms with van der Waals surface area (Å²) in [7, 11) is 0. The van der Waals surface area contributed by atoms with Gasteiger partial charge in [0, 0.05) is 6.61 Å². The van der Waals surface area contributed by atoms with Crippen LogP contribution in [0.25, 0.3) is 0 Å². The molecular formula is C13H19NO3. The highest BCUT2D eigenvalue weighted by Gasteiger charge is 2.18. The Bertz CT molecular complexity index is 340. The molecule has 4 nitrogen and oxygen atoms in total. The van der Waals surface area contributed by atoms with Gasteiger partial charge in [0.2, 0.25) is 5.91 Å². The molecule has 0 aromatic heterocycles.